The number of hydrogen-bond acceptors (Lipinski definition) is 5. The van der Waals surface area contributed by atoms with Crippen LogP contribution in [0.1, 0.15) is 101 Å². The molecule has 1 unspecified atom stereocenters. The number of aromatic amines is 1. The minimum atomic E-state index is -0.978. The molecule has 0 saturated carbocycles. The molecular formula is C36H48N4O3. The van der Waals surface area contributed by atoms with E-state index in [1.54, 1.807) is 33.8 Å². The van der Waals surface area contributed by atoms with Crippen LogP contribution in [0.25, 0.3) is 23.9 Å². The van der Waals surface area contributed by atoms with Crippen molar-refractivity contribution in [3.8, 4) is 23.2 Å². The molecule has 7 nitrogen and oxygen atoms in total. The molecule has 2 N–H and O–H groups in total. The summed E-state index contributed by atoms with van der Waals surface area (Å²) in [5, 5.41) is 21.3. The van der Waals surface area contributed by atoms with Crippen LogP contribution >= 0.6 is 0 Å². The van der Waals surface area contributed by atoms with Crippen LogP contribution in [-0.2, 0) is 4.79 Å². The Labute approximate surface area is 256 Å². The normalized spacial score (nSPS) is 12.8. The summed E-state index contributed by atoms with van der Waals surface area (Å²) in [4.78, 5) is 33.3. The topological polar surface area (TPSA) is 102 Å². The summed E-state index contributed by atoms with van der Waals surface area (Å²) in [6.45, 7) is 23.3. The molecule has 7 heteroatoms. The highest BCUT2D eigenvalue weighted by Gasteiger charge is 2.31. The molecule has 1 atom stereocenters. The molecule has 0 aliphatic heterocycles. The third-order valence-electron chi connectivity index (χ3n) is 8.11. The fraction of sp³-hybridized carbons (Fsp3) is 0.472. The van der Waals surface area contributed by atoms with Gasteiger partial charge in [-0.3, -0.25) is 14.2 Å². The number of hydrogen-bond donors (Lipinski definition) is 2. The number of carbonyl (C=O) groups is 1. The zero-order chi connectivity index (χ0) is 32.2. The fourth-order valence-electron chi connectivity index (χ4n) is 5.84. The smallest absolute Gasteiger partial charge is 0.261 e. The minimum absolute atomic E-state index is 0.119. The standard InChI is InChI=1S/C36H48N4O3/c1-11-13-15-39(16-14-12-2)30-20-27(32(38-30)31-23(4)17-22(3)18-24(31)5)19-28-25(6)29(21-37)35(43)40(34(28)42)26(7)33(41)36(8,9)10/h17-20,26,38,43H,6,11-16H2,1-5,7-10H3/b28-19-. The number of rotatable bonds is 11. The second-order valence-corrected chi connectivity index (χ2v) is 12.8. The van der Waals surface area contributed by atoms with Gasteiger partial charge in [0.05, 0.1) is 11.7 Å². The number of nitriles is 1. The first-order chi connectivity index (χ1) is 20.2. The van der Waals surface area contributed by atoms with Crippen molar-refractivity contribution in [1.29, 1.82) is 5.26 Å². The van der Waals surface area contributed by atoms with Crippen LogP contribution < -0.4 is 20.9 Å². The first kappa shape index (κ1) is 33.5. The number of carbonyl (C=O) groups excluding carboxylic acids is 1. The molecule has 2 aromatic heterocycles. The van der Waals surface area contributed by atoms with E-state index in [0.29, 0.717) is 0 Å². The lowest BCUT2D eigenvalue weighted by molar-refractivity contribution is -0.129. The first-order valence-electron chi connectivity index (χ1n) is 15.4. The SMILES string of the molecule is C=c1c(C#N)c(O)n(C(C)C(=O)C(C)(C)C)c(=O)/c1=C\c1cc(N(CCCC)CCCC)[nH]c1-c1c(C)cc(C)cc1C. The summed E-state index contributed by atoms with van der Waals surface area (Å²) < 4.78 is 1.04. The molecule has 3 aromatic rings. The van der Waals surface area contributed by atoms with Crippen molar-refractivity contribution in [2.24, 2.45) is 5.41 Å². The molecule has 0 amide bonds. The summed E-state index contributed by atoms with van der Waals surface area (Å²) in [5.41, 5.74) is 4.65. The highest BCUT2D eigenvalue weighted by molar-refractivity contribution is 5.87. The maximum atomic E-state index is 14.1. The van der Waals surface area contributed by atoms with Crippen LogP contribution in [0.2, 0.25) is 0 Å². The number of Topliss-reactive ketones (excluding diaryl/α,β-unsaturated/α-hetero) is 1. The van der Waals surface area contributed by atoms with Gasteiger partial charge < -0.3 is 15.0 Å². The first-order valence-corrected chi connectivity index (χ1v) is 15.4. The summed E-state index contributed by atoms with van der Waals surface area (Å²) in [6.07, 6.45) is 6.01. The summed E-state index contributed by atoms with van der Waals surface area (Å²) in [6, 6.07) is 7.38. The van der Waals surface area contributed by atoms with Crippen molar-refractivity contribution in [3.63, 3.8) is 0 Å². The zero-order valence-corrected chi connectivity index (χ0v) is 27.4. The van der Waals surface area contributed by atoms with Crippen molar-refractivity contribution < 1.29 is 9.90 Å². The Kier molecular flexibility index (Phi) is 10.5. The molecule has 0 aliphatic carbocycles. The highest BCUT2D eigenvalue weighted by atomic mass is 16.3. The van der Waals surface area contributed by atoms with Crippen molar-refractivity contribution in [2.45, 2.75) is 94.0 Å². The largest absolute Gasteiger partial charge is 0.493 e. The van der Waals surface area contributed by atoms with Gasteiger partial charge in [0, 0.05) is 40.1 Å². The number of nitrogens with one attached hydrogen (secondary N) is 1. The van der Waals surface area contributed by atoms with Gasteiger partial charge in [-0.25, -0.2) is 0 Å². The van der Waals surface area contributed by atoms with E-state index in [4.69, 9.17) is 0 Å². The third-order valence-corrected chi connectivity index (χ3v) is 8.11. The van der Waals surface area contributed by atoms with Gasteiger partial charge in [-0.1, -0.05) is 71.7 Å². The lowest BCUT2D eigenvalue weighted by atomic mass is 9.87. The van der Waals surface area contributed by atoms with Crippen molar-refractivity contribution in [1.82, 2.24) is 9.55 Å². The average Bonchev–Trinajstić information content (AvgIpc) is 3.32. The number of unbranched alkanes of at least 4 members (excludes halogenated alkanes) is 2. The van der Waals surface area contributed by atoms with E-state index in [0.717, 1.165) is 77.1 Å². The van der Waals surface area contributed by atoms with E-state index < -0.39 is 22.9 Å². The number of aromatic hydroxyl groups is 1. The third kappa shape index (κ3) is 6.96. The monoisotopic (exact) mass is 584 g/mol. The van der Waals surface area contributed by atoms with E-state index in [1.165, 1.54) is 5.56 Å². The van der Waals surface area contributed by atoms with Gasteiger partial charge in [-0.05, 0) is 63.8 Å². The highest BCUT2D eigenvalue weighted by Crippen LogP contribution is 2.34. The van der Waals surface area contributed by atoms with Gasteiger partial charge in [0.1, 0.15) is 17.5 Å². The average molecular weight is 585 g/mol. The number of benzene rings is 1. The number of aromatic nitrogens is 2. The van der Waals surface area contributed by atoms with Gasteiger partial charge in [0.25, 0.3) is 5.56 Å². The number of aryl methyl sites for hydroxylation is 3. The van der Waals surface area contributed by atoms with E-state index in [9.17, 15) is 20.0 Å². The number of ketones is 1. The molecule has 3 rings (SSSR count). The van der Waals surface area contributed by atoms with Crippen molar-refractivity contribution in [3.05, 3.63) is 66.8 Å². The Morgan fingerprint density at radius 3 is 2.16 bits per heavy atom. The number of H-pyrrole nitrogens is 1. The van der Waals surface area contributed by atoms with Crippen LogP contribution in [0.3, 0.4) is 0 Å². The van der Waals surface area contributed by atoms with Crippen LogP contribution in [0.4, 0.5) is 5.82 Å². The maximum Gasteiger partial charge on any atom is 0.261 e. The quantitative estimate of drug-likeness (QED) is 0.281. The number of pyridine rings is 1. The zero-order valence-electron chi connectivity index (χ0n) is 27.4. The van der Waals surface area contributed by atoms with Gasteiger partial charge in [-0.2, -0.15) is 5.26 Å². The van der Waals surface area contributed by atoms with E-state index >= 15 is 0 Å². The molecule has 1 aromatic carbocycles. The summed E-state index contributed by atoms with van der Waals surface area (Å²) in [5.74, 6) is 0.198. The molecule has 0 radical (unpaired) electrons. The molecule has 2 heterocycles. The molecule has 0 fully saturated rings. The summed E-state index contributed by atoms with van der Waals surface area (Å²) >= 11 is 0. The Bertz CT molecular complexity index is 1680. The second kappa shape index (κ2) is 13.5. The predicted molar refractivity (Wildman–Crippen MR) is 177 cm³/mol. The van der Waals surface area contributed by atoms with E-state index in [2.05, 4.69) is 69.3 Å². The van der Waals surface area contributed by atoms with Gasteiger partial charge >= 0.3 is 0 Å². The molecule has 0 bridgehead atoms. The number of anilines is 1. The van der Waals surface area contributed by atoms with Crippen LogP contribution in [-0.4, -0.2) is 33.5 Å². The van der Waals surface area contributed by atoms with Gasteiger partial charge in [0.15, 0.2) is 5.78 Å². The van der Waals surface area contributed by atoms with E-state index in [1.807, 2.05) is 6.07 Å². The fourth-order valence-corrected chi connectivity index (χ4v) is 5.84. The van der Waals surface area contributed by atoms with E-state index in [-0.39, 0.29) is 21.8 Å². The Morgan fingerprint density at radius 1 is 1.12 bits per heavy atom. The molecule has 43 heavy (non-hydrogen) atoms. The van der Waals surface area contributed by atoms with Crippen molar-refractivity contribution in [2.75, 3.05) is 18.0 Å². The molecule has 0 saturated heterocycles. The Balaban J connectivity index is 2.44. The molecule has 0 spiro atoms. The lowest BCUT2D eigenvalue weighted by Gasteiger charge is -2.24. The Hall–Kier alpha value is -4.05. The lowest BCUT2D eigenvalue weighted by Crippen LogP contribution is -2.48. The summed E-state index contributed by atoms with van der Waals surface area (Å²) in [7, 11) is 0. The predicted octanol–water partition coefficient (Wildman–Crippen LogP) is 6.17. The van der Waals surface area contributed by atoms with Crippen molar-refractivity contribution >= 4 is 24.3 Å². The molecule has 0 aliphatic rings. The van der Waals surface area contributed by atoms with Crippen LogP contribution in [0, 0.1) is 37.5 Å². The molecule has 230 valence electrons. The van der Waals surface area contributed by atoms with Crippen LogP contribution in [0.5, 0.6) is 5.88 Å². The second-order valence-electron chi connectivity index (χ2n) is 12.8. The molecular weight excluding hydrogens is 536 g/mol. The van der Waals surface area contributed by atoms with Gasteiger partial charge in [0.2, 0.25) is 5.88 Å². The number of nitrogens with zero attached hydrogens (tertiary/aromatic N) is 3. The van der Waals surface area contributed by atoms with Gasteiger partial charge in [-0.15, -0.1) is 0 Å². The van der Waals surface area contributed by atoms with Crippen LogP contribution in [0.15, 0.2) is 23.0 Å². The Morgan fingerprint density at radius 2 is 1.67 bits per heavy atom. The maximum absolute atomic E-state index is 14.1. The minimum Gasteiger partial charge on any atom is -0.493 e.